The predicted octanol–water partition coefficient (Wildman–Crippen LogP) is 2.56. The average molecular weight is 319 g/mol. The quantitative estimate of drug-likeness (QED) is 0.783. The fourth-order valence-corrected chi connectivity index (χ4v) is 2.86. The Bertz CT molecular complexity index is 550. The molecule has 1 atom stereocenters. The smallest absolute Gasteiger partial charge is 0.308 e. The van der Waals surface area contributed by atoms with E-state index >= 15 is 0 Å². The van der Waals surface area contributed by atoms with Crippen LogP contribution in [0.1, 0.15) is 31.7 Å². The Kier molecular flexibility index (Phi) is 6.02. The highest BCUT2D eigenvalue weighted by Gasteiger charge is 2.31. The number of esters is 1. The largest absolute Gasteiger partial charge is 0.480 e. The SMILES string of the molecule is CC[C@H](Oc1ccccc1C)C(=O)N1CCC(C(=O)OC)CC1. The van der Waals surface area contributed by atoms with Gasteiger partial charge in [-0.25, -0.2) is 0 Å². The van der Waals surface area contributed by atoms with E-state index in [1.54, 1.807) is 4.90 Å². The third kappa shape index (κ3) is 4.24. The van der Waals surface area contributed by atoms with Gasteiger partial charge in [0.2, 0.25) is 0 Å². The van der Waals surface area contributed by atoms with Crippen LogP contribution in [0.4, 0.5) is 0 Å². The zero-order valence-corrected chi connectivity index (χ0v) is 14.1. The fraction of sp³-hybridized carbons (Fsp3) is 0.556. The molecule has 0 N–H and O–H groups in total. The second-order valence-corrected chi connectivity index (χ2v) is 5.90. The summed E-state index contributed by atoms with van der Waals surface area (Å²) in [5, 5.41) is 0. The zero-order chi connectivity index (χ0) is 16.8. The Morgan fingerprint density at radius 3 is 2.48 bits per heavy atom. The number of para-hydroxylation sites is 1. The minimum Gasteiger partial charge on any atom is -0.480 e. The van der Waals surface area contributed by atoms with Gasteiger partial charge in [-0.1, -0.05) is 25.1 Å². The maximum Gasteiger partial charge on any atom is 0.308 e. The Balaban J connectivity index is 1.96. The van der Waals surface area contributed by atoms with Crippen LogP contribution in [0.2, 0.25) is 0 Å². The molecule has 0 bridgehead atoms. The predicted molar refractivity (Wildman–Crippen MR) is 87.2 cm³/mol. The van der Waals surface area contributed by atoms with Crippen molar-refractivity contribution in [3.05, 3.63) is 29.8 Å². The molecule has 126 valence electrons. The summed E-state index contributed by atoms with van der Waals surface area (Å²) in [6.45, 7) is 5.06. The first-order valence-electron chi connectivity index (χ1n) is 8.15. The van der Waals surface area contributed by atoms with Crippen LogP contribution in [0, 0.1) is 12.8 Å². The molecule has 5 nitrogen and oxygen atoms in total. The molecule has 0 aromatic heterocycles. The standard InChI is InChI=1S/C18H25NO4/c1-4-15(23-16-8-6-5-7-13(16)2)17(20)19-11-9-14(10-12-19)18(21)22-3/h5-8,14-15H,4,9-12H2,1-3H3/t15-/m0/s1. The number of carbonyl (C=O) groups is 2. The molecule has 0 unspecified atom stereocenters. The molecular formula is C18H25NO4. The number of hydrogen-bond donors (Lipinski definition) is 0. The maximum absolute atomic E-state index is 12.7. The van der Waals surface area contributed by atoms with Crippen molar-refractivity contribution in [2.75, 3.05) is 20.2 Å². The average Bonchev–Trinajstić information content (AvgIpc) is 2.60. The lowest BCUT2D eigenvalue weighted by Crippen LogP contribution is -2.46. The second kappa shape index (κ2) is 7.99. The van der Waals surface area contributed by atoms with Crippen LogP contribution in [0.25, 0.3) is 0 Å². The van der Waals surface area contributed by atoms with Crippen molar-refractivity contribution in [2.45, 2.75) is 39.2 Å². The number of methoxy groups -OCH3 is 1. The van der Waals surface area contributed by atoms with Gasteiger partial charge in [0.1, 0.15) is 5.75 Å². The van der Waals surface area contributed by atoms with Gasteiger partial charge in [0, 0.05) is 13.1 Å². The van der Waals surface area contributed by atoms with E-state index in [1.165, 1.54) is 7.11 Å². The van der Waals surface area contributed by atoms with Crippen LogP contribution >= 0.6 is 0 Å². The summed E-state index contributed by atoms with van der Waals surface area (Å²) < 4.78 is 10.7. The molecule has 1 aliphatic heterocycles. The van der Waals surface area contributed by atoms with Crippen molar-refractivity contribution in [3.8, 4) is 5.75 Å². The van der Waals surface area contributed by atoms with Gasteiger partial charge in [-0.05, 0) is 37.8 Å². The number of likely N-dealkylation sites (tertiary alicyclic amines) is 1. The Hall–Kier alpha value is -2.04. The molecule has 0 spiro atoms. The van der Waals surface area contributed by atoms with E-state index < -0.39 is 6.10 Å². The molecule has 0 aliphatic carbocycles. The number of benzene rings is 1. The lowest BCUT2D eigenvalue weighted by atomic mass is 9.96. The first-order valence-corrected chi connectivity index (χ1v) is 8.15. The number of rotatable bonds is 5. The number of carbonyl (C=O) groups excluding carboxylic acids is 2. The van der Waals surface area contributed by atoms with Crippen LogP contribution in [-0.2, 0) is 14.3 Å². The molecule has 0 saturated carbocycles. The minimum atomic E-state index is -0.481. The molecule has 1 amide bonds. The zero-order valence-electron chi connectivity index (χ0n) is 14.1. The summed E-state index contributed by atoms with van der Waals surface area (Å²) in [6.07, 6.45) is 1.44. The number of nitrogens with zero attached hydrogens (tertiary/aromatic N) is 1. The number of amides is 1. The fourth-order valence-electron chi connectivity index (χ4n) is 2.86. The van der Waals surface area contributed by atoms with Gasteiger partial charge in [0.15, 0.2) is 6.10 Å². The lowest BCUT2D eigenvalue weighted by Gasteiger charge is -2.33. The highest BCUT2D eigenvalue weighted by molar-refractivity contribution is 5.82. The highest BCUT2D eigenvalue weighted by atomic mass is 16.5. The molecule has 1 aliphatic rings. The second-order valence-electron chi connectivity index (χ2n) is 5.90. The first-order chi connectivity index (χ1) is 11.1. The summed E-state index contributed by atoms with van der Waals surface area (Å²) in [4.78, 5) is 26.0. The first kappa shape index (κ1) is 17.3. The monoisotopic (exact) mass is 319 g/mol. The van der Waals surface area contributed by atoms with Crippen LogP contribution in [0.5, 0.6) is 5.75 Å². The van der Waals surface area contributed by atoms with E-state index in [-0.39, 0.29) is 17.8 Å². The molecule has 1 fully saturated rings. The van der Waals surface area contributed by atoms with Gasteiger partial charge in [0.25, 0.3) is 5.91 Å². The molecule has 1 saturated heterocycles. The summed E-state index contributed by atoms with van der Waals surface area (Å²) in [6, 6.07) is 7.70. The van der Waals surface area contributed by atoms with E-state index in [0.717, 1.165) is 11.3 Å². The van der Waals surface area contributed by atoms with E-state index in [4.69, 9.17) is 9.47 Å². The number of aryl methyl sites for hydroxylation is 1. The maximum atomic E-state index is 12.7. The van der Waals surface area contributed by atoms with E-state index in [9.17, 15) is 9.59 Å². The van der Waals surface area contributed by atoms with Crippen LogP contribution in [0.3, 0.4) is 0 Å². The van der Waals surface area contributed by atoms with E-state index in [1.807, 2.05) is 38.1 Å². The van der Waals surface area contributed by atoms with E-state index in [2.05, 4.69) is 0 Å². The topological polar surface area (TPSA) is 55.8 Å². The van der Waals surface area contributed by atoms with Gasteiger partial charge in [-0.15, -0.1) is 0 Å². The van der Waals surface area contributed by atoms with Crippen molar-refractivity contribution in [2.24, 2.45) is 5.92 Å². The third-order valence-corrected chi connectivity index (χ3v) is 4.35. The van der Waals surface area contributed by atoms with Gasteiger partial charge < -0.3 is 14.4 Å². The Labute approximate surface area is 137 Å². The van der Waals surface area contributed by atoms with Gasteiger partial charge in [-0.3, -0.25) is 9.59 Å². The minimum absolute atomic E-state index is 0.000862. The van der Waals surface area contributed by atoms with Gasteiger partial charge in [-0.2, -0.15) is 0 Å². The third-order valence-electron chi connectivity index (χ3n) is 4.35. The van der Waals surface area contributed by atoms with Crippen LogP contribution < -0.4 is 4.74 Å². The number of ether oxygens (including phenoxy) is 2. The van der Waals surface area contributed by atoms with E-state index in [0.29, 0.717) is 32.4 Å². The molecule has 1 heterocycles. The molecular weight excluding hydrogens is 294 g/mol. The molecule has 1 aromatic rings. The van der Waals surface area contributed by atoms with Crippen molar-refractivity contribution in [3.63, 3.8) is 0 Å². The van der Waals surface area contributed by atoms with Crippen molar-refractivity contribution < 1.29 is 19.1 Å². The normalized spacial score (nSPS) is 16.7. The van der Waals surface area contributed by atoms with Gasteiger partial charge in [0.05, 0.1) is 13.0 Å². The lowest BCUT2D eigenvalue weighted by molar-refractivity contribution is -0.150. The molecule has 5 heteroatoms. The van der Waals surface area contributed by atoms with Crippen molar-refractivity contribution in [1.82, 2.24) is 4.90 Å². The molecule has 23 heavy (non-hydrogen) atoms. The Morgan fingerprint density at radius 2 is 1.91 bits per heavy atom. The number of piperidine rings is 1. The van der Waals surface area contributed by atoms with Gasteiger partial charge >= 0.3 is 5.97 Å². The molecule has 0 radical (unpaired) electrons. The molecule has 1 aromatic carbocycles. The number of hydrogen-bond acceptors (Lipinski definition) is 4. The van der Waals surface area contributed by atoms with Crippen LogP contribution in [0.15, 0.2) is 24.3 Å². The highest BCUT2D eigenvalue weighted by Crippen LogP contribution is 2.22. The summed E-state index contributed by atoms with van der Waals surface area (Å²) in [7, 11) is 1.41. The summed E-state index contributed by atoms with van der Waals surface area (Å²) in [5.74, 6) is 0.470. The summed E-state index contributed by atoms with van der Waals surface area (Å²) >= 11 is 0. The Morgan fingerprint density at radius 1 is 1.26 bits per heavy atom. The molecule has 2 rings (SSSR count). The van der Waals surface area contributed by atoms with Crippen LogP contribution in [-0.4, -0.2) is 43.1 Å². The van der Waals surface area contributed by atoms with Crippen molar-refractivity contribution in [1.29, 1.82) is 0 Å². The van der Waals surface area contributed by atoms with Crippen molar-refractivity contribution >= 4 is 11.9 Å². The summed E-state index contributed by atoms with van der Waals surface area (Å²) in [5.41, 5.74) is 1.02.